The molecular weight excluding hydrogens is 1300 g/mol. The van der Waals surface area contributed by atoms with Crippen LogP contribution in [0.3, 0.4) is 0 Å². The SMILES string of the molecule is CC/C=C\C/C=C\C/C=C\C/C=C\C/C=C\C/C=C\CCCCCCCCCCCCCCCCCCCCCCC(=O)NC(COC1OC(CO)C(OC2OC(CO)C(OC3OC(CO)C(O)C(O)C3O)C(O)C2O)C(O)C1O)C(O)/C=C/CC/C=C/CC/C=C/CCCCCCCCCC. The van der Waals surface area contributed by atoms with E-state index in [4.69, 9.17) is 28.4 Å². The van der Waals surface area contributed by atoms with Crippen molar-refractivity contribution in [2.45, 2.75) is 381 Å². The average Bonchev–Trinajstić information content (AvgIpc) is 0.781. The molecule has 3 rings (SSSR count). The highest BCUT2D eigenvalue weighted by molar-refractivity contribution is 5.76. The van der Waals surface area contributed by atoms with E-state index < -0.39 is 124 Å². The highest BCUT2D eigenvalue weighted by atomic mass is 16.8. The fraction of sp³-hybridized carbons (Fsp3) is 0.771. The molecule has 588 valence electrons. The largest absolute Gasteiger partial charge is 0.394 e. The number of hydrogen-bond donors (Lipinski definition) is 12. The number of nitrogens with one attached hydrogen (secondary N) is 1. The maximum absolute atomic E-state index is 13.5. The molecule has 0 bridgehead atoms. The second-order valence-corrected chi connectivity index (χ2v) is 28.1. The van der Waals surface area contributed by atoms with Crippen LogP contribution in [0.2, 0.25) is 0 Å². The van der Waals surface area contributed by atoms with E-state index in [9.17, 15) is 61.0 Å². The first-order valence-corrected chi connectivity index (χ1v) is 40.1. The molecule has 0 radical (unpaired) electrons. The second-order valence-electron chi connectivity index (χ2n) is 28.1. The van der Waals surface area contributed by atoms with Crippen molar-refractivity contribution in [2.75, 3.05) is 26.4 Å². The summed E-state index contributed by atoms with van der Waals surface area (Å²) >= 11 is 0. The summed E-state index contributed by atoms with van der Waals surface area (Å²) in [6, 6.07) is -1.00. The van der Waals surface area contributed by atoms with Gasteiger partial charge in [0, 0.05) is 6.42 Å². The summed E-state index contributed by atoms with van der Waals surface area (Å²) < 4.78 is 34.4. The Labute approximate surface area is 615 Å². The van der Waals surface area contributed by atoms with E-state index in [0.717, 1.165) is 83.5 Å². The Kier molecular flexibility index (Phi) is 56.8. The highest BCUT2D eigenvalue weighted by Crippen LogP contribution is 2.33. The number of allylic oxidation sites excluding steroid dienone is 17. The van der Waals surface area contributed by atoms with Crippen LogP contribution in [0.4, 0.5) is 0 Å². The Morgan fingerprint density at radius 1 is 0.363 bits per heavy atom. The Morgan fingerprint density at radius 3 is 1.10 bits per heavy atom. The summed E-state index contributed by atoms with van der Waals surface area (Å²) in [5.74, 6) is -0.289. The van der Waals surface area contributed by atoms with Crippen LogP contribution in [0.25, 0.3) is 0 Å². The maximum Gasteiger partial charge on any atom is 0.220 e. The van der Waals surface area contributed by atoms with Gasteiger partial charge in [-0.1, -0.05) is 284 Å². The summed E-state index contributed by atoms with van der Waals surface area (Å²) in [6.45, 7) is 1.60. The molecule has 19 nitrogen and oxygen atoms in total. The Balaban J connectivity index is 1.33. The minimum absolute atomic E-state index is 0.230. The van der Waals surface area contributed by atoms with Crippen LogP contribution in [0.5, 0.6) is 0 Å². The normalized spacial score (nSPS) is 26.8. The third-order valence-corrected chi connectivity index (χ3v) is 19.3. The van der Waals surface area contributed by atoms with Crippen LogP contribution >= 0.6 is 0 Å². The molecule has 3 aliphatic rings. The quantitative estimate of drug-likeness (QED) is 0.0199. The molecule has 3 aliphatic heterocycles. The molecule has 0 spiro atoms. The number of aliphatic hydroxyl groups excluding tert-OH is 11. The standard InChI is InChI=1S/C83H143NO18/c1-3-5-7-9-11-13-15-17-19-21-23-24-25-26-27-28-29-30-31-32-33-34-35-36-37-38-39-40-41-42-43-45-47-49-51-53-55-57-59-61-71(89)84-66(67(88)60-58-56-54-52-50-48-46-44-22-20-18-16-14-12-10-8-6-4-2)65-97-81-77(95)74(92)79(69(63-86)99-81)102-83-78(96)75(93)80(70(64-87)100-83)101-82-76(94)73(91)72(90)68(62-85)98-82/h5,7,11,13,17,19,22-24,26-27,29-30,44,50,52,58,60,66-70,72-83,85-88,90-96H,3-4,6,8-10,12,14-16,18,20-21,25,28,31-43,45-49,51,53-57,59,61-65H2,1-2H3,(H,84,89)/b7-5-,13-11-,19-17-,24-23-,27-26-,30-29-,44-22+,52-50+,60-58+. The van der Waals surface area contributed by atoms with Crippen LogP contribution in [-0.4, -0.2) is 193 Å². The zero-order valence-electron chi connectivity index (χ0n) is 62.8. The zero-order chi connectivity index (χ0) is 73.9. The van der Waals surface area contributed by atoms with Gasteiger partial charge in [0.2, 0.25) is 5.91 Å². The number of ether oxygens (including phenoxy) is 6. The summed E-state index contributed by atoms with van der Waals surface area (Å²) in [6.07, 6.45) is 59.4. The first kappa shape index (κ1) is 92.7. The van der Waals surface area contributed by atoms with Crippen LogP contribution in [0.15, 0.2) is 109 Å². The predicted octanol–water partition coefficient (Wildman–Crippen LogP) is 13.3. The Bertz CT molecular complexity index is 2270. The first-order chi connectivity index (χ1) is 49.8. The zero-order valence-corrected chi connectivity index (χ0v) is 62.8. The highest BCUT2D eigenvalue weighted by Gasteiger charge is 2.54. The van der Waals surface area contributed by atoms with Crippen LogP contribution in [0, 0.1) is 0 Å². The van der Waals surface area contributed by atoms with Crippen molar-refractivity contribution in [3.05, 3.63) is 109 Å². The third kappa shape index (κ3) is 42.1. The summed E-state index contributed by atoms with van der Waals surface area (Å²) in [5.41, 5.74) is 0. The van der Waals surface area contributed by atoms with Crippen molar-refractivity contribution in [1.29, 1.82) is 0 Å². The van der Waals surface area contributed by atoms with E-state index in [0.29, 0.717) is 12.8 Å². The molecule has 0 aromatic rings. The van der Waals surface area contributed by atoms with E-state index in [1.165, 1.54) is 161 Å². The van der Waals surface area contributed by atoms with E-state index >= 15 is 0 Å². The molecule has 0 aliphatic carbocycles. The summed E-state index contributed by atoms with van der Waals surface area (Å²) in [7, 11) is 0. The van der Waals surface area contributed by atoms with E-state index in [1.807, 2.05) is 6.08 Å². The number of carbonyl (C=O) groups is 1. The van der Waals surface area contributed by atoms with E-state index in [1.54, 1.807) is 6.08 Å². The molecule has 3 fully saturated rings. The average molecular weight is 1440 g/mol. The third-order valence-electron chi connectivity index (χ3n) is 19.3. The predicted molar refractivity (Wildman–Crippen MR) is 406 cm³/mol. The molecule has 0 aromatic carbocycles. The lowest BCUT2D eigenvalue weighted by molar-refractivity contribution is -0.379. The molecule has 1 amide bonds. The van der Waals surface area contributed by atoms with Crippen molar-refractivity contribution < 1.29 is 89.4 Å². The maximum atomic E-state index is 13.5. The van der Waals surface area contributed by atoms with Gasteiger partial charge in [0.05, 0.1) is 38.6 Å². The van der Waals surface area contributed by atoms with Crippen LogP contribution in [-0.2, 0) is 33.2 Å². The molecule has 12 N–H and O–H groups in total. The van der Waals surface area contributed by atoms with Gasteiger partial charge in [-0.3, -0.25) is 4.79 Å². The van der Waals surface area contributed by atoms with Crippen LogP contribution in [0.1, 0.15) is 277 Å². The number of amides is 1. The topological polar surface area (TPSA) is 307 Å². The van der Waals surface area contributed by atoms with Gasteiger partial charge in [0.1, 0.15) is 73.2 Å². The first-order valence-electron chi connectivity index (χ1n) is 40.1. The molecule has 17 unspecified atom stereocenters. The number of rotatable bonds is 62. The van der Waals surface area contributed by atoms with Gasteiger partial charge in [-0.2, -0.15) is 0 Å². The molecule has 0 saturated carbocycles. The number of hydrogen-bond acceptors (Lipinski definition) is 18. The smallest absolute Gasteiger partial charge is 0.220 e. The summed E-state index contributed by atoms with van der Waals surface area (Å²) in [5, 5.41) is 121. The van der Waals surface area contributed by atoms with Gasteiger partial charge in [-0.15, -0.1) is 0 Å². The number of aliphatic hydroxyl groups is 11. The number of carbonyl (C=O) groups excluding carboxylic acids is 1. The van der Waals surface area contributed by atoms with Crippen LogP contribution < -0.4 is 5.32 Å². The summed E-state index contributed by atoms with van der Waals surface area (Å²) in [4.78, 5) is 13.5. The molecule has 102 heavy (non-hydrogen) atoms. The van der Waals surface area contributed by atoms with Crippen molar-refractivity contribution in [2.24, 2.45) is 0 Å². The molecule has 0 aromatic heterocycles. The van der Waals surface area contributed by atoms with Crippen molar-refractivity contribution in [1.82, 2.24) is 5.32 Å². The monoisotopic (exact) mass is 1440 g/mol. The fourth-order valence-corrected chi connectivity index (χ4v) is 12.9. The minimum atomic E-state index is -1.99. The van der Waals surface area contributed by atoms with Crippen molar-refractivity contribution >= 4 is 5.91 Å². The molecule has 3 saturated heterocycles. The second kappa shape index (κ2) is 62.5. The van der Waals surface area contributed by atoms with Gasteiger partial charge < -0.3 is 89.9 Å². The lowest BCUT2D eigenvalue weighted by atomic mass is 9.96. The van der Waals surface area contributed by atoms with Crippen molar-refractivity contribution in [3.8, 4) is 0 Å². The lowest BCUT2D eigenvalue weighted by Crippen LogP contribution is -2.66. The number of unbranched alkanes of at least 4 members (excludes halogenated alkanes) is 30. The Hall–Kier alpha value is -3.55. The Morgan fingerprint density at radius 2 is 0.686 bits per heavy atom. The van der Waals surface area contributed by atoms with Gasteiger partial charge in [-0.05, 0) is 96.3 Å². The lowest BCUT2D eigenvalue weighted by Gasteiger charge is -2.48. The molecule has 3 heterocycles. The van der Waals surface area contributed by atoms with Gasteiger partial charge in [0.25, 0.3) is 0 Å². The van der Waals surface area contributed by atoms with Crippen molar-refractivity contribution in [3.63, 3.8) is 0 Å². The van der Waals surface area contributed by atoms with Gasteiger partial charge in [-0.25, -0.2) is 0 Å². The van der Waals surface area contributed by atoms with E-state index in [2.05, 4.69) is 116 Å². The minimum Gasteiger partial charge on any atom is -0.394 e. The van der Waals surface area contributed by atoms with E-state index in [-0.39, 0.29) is 18.9 Å². The fourth-order valence-electron chi connectivity index (χ4n) is 12.9. The molecule has 19 heteroatoms. The van der Waals surface area contributed by atoms with Gasteiger partial charge >= 0.3 is 0 Å². The molecular formula is C83H143NO18. The van der Waals surface area contributed by atoms with Gasteiger partial charge in [0.15, 0.2) is 18.9 Å². The molecule has 17 atom stereocenters.